The number of aliphatic hydroxyl groups excluding tert-OH is 1. The van der Waals surface area contributed by atoms with Crippen LogP contribution in [0.25, 0.3) is 0 Å². The molecule has 0 saturated carbocycles. The van der Waals surface area contributed by atoms with Gasteiger partial charge in [-0.25, -0.2) is 14.6 Å². The number of carbonyl (C=O) groups excluding carboxylic acids is 1. The Hall–Kier alpha value is -3.59. The summed E-state index contributed by atoms with van der Waals surface area (Å²) in [5, 5.41) is 19.1. The van der Waals surface area contributed by atoms with Gasteiger partial charge in [0.15, 0.2) is 16.0 Å². The third-order valence-electron chi connectivity index (χ3n) is 2.99. The van der Waals surface area contributed by atoms with Crippen LogP contribution < -0.4 is 28.2 Å². The highest BCUT2D eigenvalue weighted by atomic mass is 32.1. The summed E-state index contributed by atoms with van der Waals surface area (Å²) in [6.45, 7) is 6.24. The van der Waals surface area contributed by atoms with Crippen molar-refractivity contribution in [3.63, 3.8) is 0 Å². The Balaban J connectivity index is -0.000000430. The molecule has 200 valence electrons. The van der Waals surface area contributed by atoms with Gasteiger partial charge in [0.25, 0.3) is 5.97 Å². The number of nitrogens with zero attached hydrogens (tertiary/aromatic N) is 1. The van der Waals surface area contributed by atoms with Crippen LogP contribution in [-0.2, 0) is 4.79 Å². The van der Waals surface area contributed by atoms with Crippen LogP contribution >= 0.6 is 24.4 Å². The Labute approximate surface area is 219 Å². The fourth-order valence-corrected chi connectivity index (χ4v) is 1.62. The van der Waals surface area contributed by atoms with E-state index in [1.807, 2.05) is 5.43 Å². The average molecular weight is 547 g/mol. The van der Waals surface area contributed by atoms with Gasteiger partial charge in [-0.15, -0.1) is 0 Å². The zero-order valence-electron chi connectivity index (χ0n) is 20.3. The molecule has 0 fully saturated rings. The molecule has 36 heavy (non-hydrogen) atoms. The lowest BCUT2D eigenvalue weighted by atomic mass is 10.1. The third kappa shape index (κ3) is 26.7. The van der Waals surface area contributed by atoms with E-state index in [4.69, 9.17) is 26.5 Å². The van der Waals surface area contributed by atoms with Crippen molar-refractivity contribution < 1.29 is 28.6 Å². The number of nitrogens with two attached hydrogens (primary N) is 3. The molecule has 0 aliphatic carbocycles. The predicted molar refractivity (Wildman–Crippen MR) is 145 cm³/mol. The molecule has 0 saturated heterocycles. The van der Waals surface area contributed by atoms with Gasteiger partial charge in [-0.2, -0.15) is 5.10 Å². The summed E-state index contributed by atoms with van der Waals surface area (Å²) >= 11 is 8.82. The van der Waals surface area contributed by atoms with Gasteiger partial charge in [-0.3, -0.25) is 15.0 Å². The van der Waals surface area contributed by atoms with Crippen LogP contribution in [0.3, 0.4) is 0 Å². The average Bonchev–Trinajstić information content (AvgIpc) is 2.79. The number of Topliss-reactive ketones (excluding diaryl/α,β-unsaturated/α-hetero) is 1. The van der Waals surface area contributed by atoms with Crippen LogP contribution in [0.1, 0.15) is 43.6 Å². The maximum Gasteiger partial charge on any atom is 0.300 e. The molecule has 0 radical (unpaired) electrons. The van der Waals surface area contributed by atoms with Gasteiger partial charge >= 0.3 is 0 Å². The van der Waals surface area contributed by atoms with E-state index in [0.717, 1.165) is 12.5 Å². The van der Waals surface area contributed by atoms with Crippen LogP contribution in [0.5, 0.6) is 0 Å². The molecule has 0 bridgehead atoms. The Kier molecular flexibility index (Phi) is 23.8. The number of halogens is 2. The number of nitrogens with one attached hydrogen (secondary N) is 2. The van der Waals surface area contributed by atoms with Gasteiger partial charge in [0.1, 0.15) is 11.6 Å². The highest BCUT2D eigenvalue weighted by molar-refractivity contribution is 7.80. The highest BCUT2D eigenvalue weighted by Gasteiger charge is 1.97. The molecule has 0 atom stereocenters. The Morgan fingerprint density at radius 1 is 0.889 bits per heavy atom. The quantitative estimate of drug-likeness (QED) is 0.0982. The summed E-state index contributed by atoms with van der Waals surface area (Å²) in [7, 11) is 0. The van der Waals surface area contributed by atoms with E-state index >= 15 is 0 Å². The fourth-order valence-electron chi connectivity index (χ4n) is 1.58. The van der Waals surface area contributed by atoms with Gasteiger partial charge in [0.2, 0.25) is 0 Å². The second-order valence-electron chi connectivity index (χ2n) is 6.09. The second-order valence-corrected chi connectivity index (χ2v) is 6.97. The van der Waals surface area contributed by atoms with Crippen LogP contribution in [0.4, 0.5) is 8.78 Å². The summed E-state index contributed by atoms with van der Waals surface area (Å²) in [5.74, 6) is 3.19. The zero-order valence-corrected chi connectivity index (χ0v) is 21.9. The van der Waals surface area contributed by atoms with Crippen molar-refractivity contribution >= 4 is 52.1 Å². The second kappa shape index (κ2) is 23.2. The van der Waals surface area contributed by atoms with E-state index in [9.17, 15) is 13.6 Å². The van der Waals surface area contributed by atoms with Crippen LogP contribution in [0.15, 0.2) is 53.6 Å². The molecule has 0 aromatic heterocycles. The topological polar surface area (TPSA) is 189 Å². The maximum absolute atomic E-state index is 12.6. The zero-order chi connectivity index (χ0) is 28.7. The van der Waals surface area contributed by atoms with E-state index in [1.165, 1.54) is 43.3 Å². The minimum absolute atomic E-state index is 0.0417. The molecule has 10 nitrogen and oxygen atoms in total. The molecule has 0 unspecified atom stereocenters. The first-order valence-electron chi connectivity index (χ1n) is 9.90. The lowest BCUT2D eigenvalue weighted by molar-refractivity contribution is -0.134. The highest BCUT2D eigenvalue weighted by Crippen LogP contribution is 2.04. The number of ketones is 1. The Morgan fingerprint density at radius 3 is 1.44 bits per heavy atom. The molecule has 0 heterocycles. The molecule has 10 N–H and O–H groups in total. The van der Waals surface area contributed by atoms with Crippen LogP contribution in [0.2, 0.25) is 0 Å². The number of aliphatic carboxylic acids is 1. The van der Waals surface area contributed by atoms with Crippen molar-refractivity contribution in [1.29, 1.82) is 0 Å². The minimum atomic E-state index is -0.833. The number of hydrazine groups is 1. The molecule has 2 rings (SSSR count). The van der Waals surface area contributed by atoms with Crippen LogP contribution in [0, 0.1) is 11.6 Å². The summed E-state index contributed by atoms with van der Waals surface area (Å²) in [6.07, 6.45) is 0. The smallest absolute Gasteiger partial charge is 0.300 e. The first-order chi connectivity index (χ1) is 16.7. The molecule has 2 aromatic carbocycles. The molecule has 2 aromatic rings. The molecular formula is C22H32F2N6O4S2. The van der Waals surface area contributed by atoms with E-state index in [0.29, 0.717) is 11.3 Å². The summed E-state index contributed by atoms with van der Waals surface area (Å²) in [5.41, 5.74) is 16.5. The van der Waals surface area contributed by atoms with E-state index in [-0.39, 0.29) is 34.2 Å². The van der Waals surface area contributed by atoms with Crippen molar-refractivity contribution in [3.8, 4) is 0 Å². The first kappa shape index (κ1) is 37.0. The largest absolute Gasteiger partial charge is 0.481 e. The van der Waals surface area contributed by atoms with E-state index < -0.39 is 5.97 Å². The summed E-state index contributed by atoms with van der Waals surface area (Å²) in [4.78, 5) is 19.6. The van der Waals surface area contributed by atoms with Crippen molar-refractivity contribution in [2.24, 2.45) is 22.4 Å². The van der Waals surface area contributed by atoms with Crippen molar-refractivity contribution in [1.82, 2.24) is 10.9 Å². The van der Waals surface area contributed by atoms with Gasteiger partial charge in [-0.05, 0) is 87.2 Å². The van der Waals surface area contributed by atoms with E-state index in [1.54, 1.807) is 26.0 Å². The SMILES string of the molecule is C/C(=N\NC(N)=S)c1ccc(F)cc1.CC(=O)O.CC(=O)c1ccc(F)cc1.CCO.NNC(N)=S. The van der Waals surface area contributed by atoms with Gasteiger partial charge < -0.3 is 27.1 Å². The number of hydrogen-bond donors (Lipinski definition) is 7. The number of aliphatic hydroxyl groups is 1. The monoisotopic (exact) mass is 546 g/mol. The molecule has 0 aliphatic rings. The number of hydrazone groups is 1. The van der Waals surface area contributed by atoms with Gasteiger partial charge in [0.05, 0.1) is 5.71 Å². The number of rotatable bonds is 3. The minimum Gasteiger partial charge on any atom is -0.481 e. The molecule has 0 spiro atoms. The fraction of sp³-hybridized carbons (Fsp3) is 0.227. The van der Waals surface area contributed by atoms with Crippen LogP contribution in [-0.4, -0.2) is 44.5 Å². The number of carboxylic acid groups (broad SMARTS) is 1. The number of thiocarbonyl (C=S) groups is 2. The normalized spacial score (nSPS) is 9.06. The lowest BCUT2D eigenvalue weighted by Crippen LogP contribution is -2.34. The van der Waals surface area contributed by atoms with Gasteiger partial charge in [0, 0.05) is 19.1 Å². The predicted octanol–water partition coefficient (Wildman–Crippen LogP) is 2.19. The molecule has 0 aliphatic heterocycles. The number of carbonyl (C=O) groups is 2. The number of hydrogen-bond acceptors (Lipinski definition) is 7. The van der Waals surface area contributed by atoms with Gasteiger partial charge in [-0.1, -0.05) is 12.1 Å². The Bertz CT molecular complexity index is 956. The molecule has 14 heteroatoms. The molecule has 0 amide bonds. The number of carboxylic acids is 1. The first-order valence-corrected chi connectivity index (χ1v) is 10.7. The lowest BCUT2D eigenvalue weighted by Gasteiger charge is -2.01. The van der Waals surface area contributed by atoms with Crippen molar-refractivity contribution in [3.05, 3.63) is 71.3 Å². The van der Waals surface area contributed by atoms with Crippen molar-refractivity contribution in [2.45, 2.75) is 27.7 Å². The van der Waals surface area contributed by atoms with E-state index in [2.05, 4.69) is 40.8 Å². The molecular weight excluding hydrogens is 514 g/mol. The Morgan fingerprint density at radius 2 is 1.19 bits per heavy atom. The standard InChI is InChI=1S/C9H10FN3S.C8H7FO.C2H4O2.C2H6O.CH5N3S/c1-6(12-13-9(11)14)7-2-4-8(10)5-3-7;1-6(10)7-2-4-8(9)5-3-7;1-2(3)4;1-2-3;2-1(5)4-3/h2-5H,1H3,(H3,11,13,14);2-5H,1H3;1H3,(H,3,4);3H,2H2,1H3;3H2,(H3,2,4,5)/b12-6+;;;;. The van der Waals surface area contributed by atoms with Crippen molar-refractivity contribution in [2.75, 3.05) is 6.61 Å². The summed E-state index contributed by atoms with van der Waals surface area (Å²) < 4.78 is 24.8. The number of benzene rings is 2. The summed E-state index contributed by atoms with van der Waals surface area (Å²) in [6, 6.07) is 11.5. The third-order valence-corrected chi connectivity index (χ3v) is 3.20. The maximum atomic E-state index is 12.6.